The molecule has 8 nitrogen and oxygen atoms in total. The van der Waals surface area contributed by atoms with Crippen molar-refractivity contribution in [2.24, 2.45) is 0 Å². The molecule has 1 amide bonds. The fraction of sp³-hybridized carbons (Fsp3) is 0.379. The third kappa shape index (κ3) is 5.90. The number of nitrogens with zero attached hydrogens (tertiary/aromatic N) is 3. The molecule has 39 heavy (non-hydrogen) atoms. The summed E-state index contributed by atoms with van der Waals surface area (Å²) in [5.74, 6) is -2.29. The van der Waals surface area contributed by atoms with Crippen molar-refractivity contribution < 1.29 is 33.3 Å². The van der Waals surface area contributed by atoms with E-state index in [2.05, 4.69) is 4.98 Å². The number of methoxy groups -OCH3 is 2. The van der Waals surface area contributed by atoms with Crippen LogP contribution in [0.4, 0.5) is 8.78 Å². The van der Waals surface area contributed by atoms with Crippen LogP contribution in [-0.2, 0) is 13.0 Å². The number of piperazine rings is 1. The van der Waals surface area contributed by atoms with Crippen LogP contribution in [0.25, 0.3) is 11.1 Å². The lowest BCUT2D eigenvalue weighted by molar-refractivity contribution is 0.0620. The minimum atomic E-state index is -0.898. The van der Waals surface area contributed by atoms with Crippen LogP contribution < -0.4 is 9.47 Å². The first-order valence-electron chi connectivity index (χ1n) is 12.9. The number of hydrogen-bond acceptors (Lipinski definition) is 7. The number of unbranched alkanes of at least 4 members (excludes halogenated alkanes) is 1. The van der Waals surface area contributed by atoms with Gasteiger partial charge in [0.1, 0.15) is 22.8 Å². The second-order valence-electron chi connectivity index (χ2n) is 9.43. The molecule has 2 aromatic carbocycles. The lowest BCUT2D eigenvalue weighted by Crippen LogP contribution is -2.48. The van der Waals surface area contributed by atoms with Gasteiger partial charge in [-0.2, -0.15) is 0 Å². The van der Waals surface area contributed by atoms with E-state index in [9.17, 15) is 23.8 Å². The molecule has 0 spiro atoms. The summed E-state index contributed by atoms with van der Waals surface area (Å²) in [7, 11) is 3.03. The first-order valence-corrected chi connectivity index (χ1v) is 12.9. The number of aryl methyl sites for hydroxylation is 1. The second kappa shape index (κ2) is 12.3. The fourth-order valence-corrected chi connectivity index (χ4v) is 4.80. The maximum absolute atomic E-state index is 14.1. The molecule has 208 valence electrons. The minimum absolute atomic E-state index is 0.204. The number of halogens is 2. The zero-order chi connectivity index (χ0) is 28.1. The van der Waals surface area contributed by atoms with E-state index in [1.165, 1.54) is 31.3 Å². The highest BCUT2D eigenvalue weighted by Gasteiger charge is 2.31. The summed E-state index contributed by atoms with van der Waals surface area (Å²) >= 11 is 0. The van der Waals surface area contributed by atoms with E-state index in [1.54, 1.807) is 18.2 Å². The highest BCUT2D eigenvalue weighted by atomic mass is 19.2. The summed E-state index contributed by atoms with van der Waals surface area (Å²) in [6, 6.07) is 9.19. The van der Waals surface area contributed by atoms with Gasteiger partial charge in [-0.05, 0) is 37.1 Å². The molecule has 1 aromatic heterocycles. The smallest absolute Gasteiger partial charge is 0.263 e. The highest BCUT2D eigenvalue weighted by Crippen LogP contribution is 2.44. The van der Waals surface area contributed by atoms with Crippen molar-refractivity contribution >= 4 is 5.91 Å². The molecule has 0 atom stereocenters. The first kappa shape index (κ1) is 28.1. The zero-order valence-corrected chi connectivity index (χ0v) is 22.3. The molecule has 2 heterocycles. The third-order valence-corrected chi connectivity index (χ3v) is 6.97. The van der Waals surface area contributed by atoms with Crippen molar-refractivity contribution in [1.29, 1.82) is 0 Å². The van der Waals surface area contributed by atoms with Crippen LogP contribution in [0.3, 0.4) is 0 Å². The van der Waals surface area contributed by atoms with Crippen LogP contribution in [0.1, 0.15) is 41.4 Å². The summed E-state index contributed by atoms with van der Waals surface area (Å²) in [4.78, 5) is 21.3. The number of rotatable bonds is 9. The van der Waals surface area contributed by atoms with Crippen LogP contribution >= 0.6 is 0 Å². The Labute approximate surface area is 226 Å². The van der Waals surface area contributed by atoms with E-state index < -0.39 is 23.4 Å². The molecule has 4 rings (SSSR count). The quantitative estimate of drug-likeness (QED) is 0.404. The molecule has 10 heteroatoms. The molecule has 1 saturated heterocycles. The molecule has 1 fully saturated rings. The Kier molecular flexibility index (Phi) is 8.86. The maximum Gasteiger partial charge on any atom is 0.263 e. The van der Waals surface area contributed by atoms with Crippen molar-refractivity contribution in [1.82, 2.24) is 14.8 Å². The molecular weight excluding hydrogens is 508 g/mol. The van der Waals surface area contributed by atoms with Gasteiger partial charge in [-0.1, -0.05) is 25.5 Å². The maximum atomic E-state index is 14.1. The van der Waals surface area contributed by atoms with Gasteiger partial charge in [-0.25, -0.2) is 13.8 Å². The molecule has 0 bridgehead atoms. The van der Waals surface area contributed by atoms with E-state index in [4.69, 9.17) is 9.47 Å². The molecule has 0 saturated carbocycles. The van der Waals surface area contributed by atoms with E-state index in [0.717, 1.165) is 18.9 Å². The predicted octanol–water partition coefficient (Wildman–Crippen LogP) is 4.76. The van der Waals surface area contributed by atoms with Gasteiger partial charge >= 0.3 is 0 Å². The number of carbonyl (C=O) groups excluding carboxylic acids is 1. The van der Waals surface area contributed by atoms with Crippen LogP contribution in [0, 0.1) is 11.6 Å². The number of amides is 1. The number of carbonyl (C=O) groups is 1. The standard InChI is InChI=1S/C29H33F2N3O5/c1-4-5-9-22-24(20-16-19(38-2)10-11-23(20)39-3)27(35)25(28(36)32-22)29(37)34-14-12-33(13-15-34)17-18-7-6-8-21(30)26(18)31/h6-8,10-11,16H,4-5,9,12-15,17H2,1-3H3,(H2,32,35,36). The van der Waals surface area contributed by atoms with Gasteiger partial charge in [-0.3, -0.25) is 9.69 Å². The number of benzene rings is 2. The Morgan fingerprint density at radius 1 is 1.05 bits per heavy atom. The zero-order valence-electron chi connectivity index (χ0n) is 22.3. The van der Waals surface area contributed by atoms with Crippen LogP contribution in [0.15, 0.2) is 36.4 Å². The largest absolute Gasteiger partial charge is 0.506 e. The van der Waals surface area contributed by atoms with Gasteiger partial charge in [-0.15, -0.1) is 0 Å². The Morgan fingerprint density at radius 2 is 1.79 bits per heavy atom. The molecule has 3 aromatic rings. The van der Waals surface area contributed by atoms with Gasteiger partial charge in [0.25, 0.3) is 5.91 Å². The van der Waals surface area contributed by atoms with E-state index in [1.807, 2.05) is 11.8 Å². The molecule has 0 unspecified atom stereocenters. The Morgan fingerprint density at radius 3 is 2.46 bits per heavy atom. The second-order valence-corrected chi connectivity index (χ2v) is 9.43. The Balaban J connectivity index is 1.64. The molecule has 0 aliphatic carbocycles. The van der Waals surface area contributed by atoms with Gasteiger partial charge in [0, 0.05) is 43.9 Å². The van der Waals surface area contributed by atoms with Crippen molar-refractivity contribution in [3.63, 3.8) is 0 Å². The van der Waals surface area contributed by atoms with Gasteiger partial charge in [0.05, 0.1) is 25.5 Å². The van der Waals surface area contributed by atoms with E-state index >= 15 is 0 Å². The van der Waals surface area contributed by atoms with Crippen LogP contribution in [-0.4, -0.2) is 71.3 Å². The number of pyridine rings is 1. The van der Waals surface area contributed by atoms with Crippen molar-refractivity contribution in [2.75, 3.05) is 40.4 Å². The average molecular weight is 542 g/mol. The summed E-state index contributed by atoms with van der Waals surface area (Å²) in [6.07, 6.45) is 2.09. The summed E-state index contributed by atoms with van der Waals surface area (Å²) in [5.41, 5.74) is 1.19. The summed E-state index contributed by atoms with van der Waals surface area (Å²) in [5, 5.41) is 22.3. The normalized spacial score (nSPS) is 13.9. The first-order chi connectivity index (χ1) is 18.8. The molecule has 2 N–H and O–H groups in total. The minimum Gasteiger partial charge on any atom is -0.506 e. The van der Waals surface area contributed by atoms with E-state index in [0.29, 0.717) is 47.8 Å². The van der Waals surface area contributed by atoms with Crippen molar-refractivity contribution in [2.45, 2.75) is 32.7 Å². The van der Waals surface area contributed by atoms with Crippen LogP contribution in [0.5, 0.6) is 23.1 Å². The lowest BCUT2D eigenvalue weighted by atomic mass is 9.96. The number of aromatic nitrogens is 1. The predicted molar refractivity (Wildman–Crippen MR) is 142 cm³/mol. The van der Waals surface area contributed by atoms with Crippen LogP contribution in [0.2, 0.25) is 0 Å². The summed E-state index contributed by atoms with van der Waals surface area (Å²) < 4.78 is 38.6. The topological polar surface area (TPSA) is 95.4 Å². The SMILES string of the molecule is CCCCc1nc(O)c(C(=O)N2CCN(Cc3cccc(F)c3F)CC2)c(O)c1-c1cc(OC)ccc1OC. The molecule has 1 aliphatic rings. The molecule has 0 radical (unpaired) electrons. The third-order valence-electron chi connectivity index (χ3n) is 6.97. The van der Waals surface area contributed by atoms with Gasteiger partial charge in [0.15, 0.2) is 11.6 Å². The number of hydrogen-bond donors (Lipinski definition) is 2. The van der Waals surface area contributed by atoms with Crippen molar-refractivity contribution in [3.8, 4) is 34.3 Å². The fourth-order valence-electron chi connectivity index (χ4n) is 4.80. The number of aromatic hydroxyl groups is 2. The van der Waals surface area contributed by atoms with Crippen molar-refractivity contribution in [3.05, 3.63) is 64.9 Å². The average Bonchev–Trinajstić information content (AvgIpc) is 2.94. The van der Waals surface area contributed by atoms with Gasteiger partial charge < -0.3 is 24.6 Å². The number of ether oxygens (including phenoxy) is 2. The molecular formula is C29H33F2N3O5. The monoisotopic (exact) mass is 541 g/mol. The highest BCUT2D eigenvalue weighted by molar-refractivity contribution is 6.02. The Bertz CT molecular complexity index is 1340. The lowest BCUT2D eigenvalue weighted by Gasteiger charge is -2.35. The van der Waals surface area contributed by atoms with E-state index in [-0.39, 0.29) is 36.5 Å². The van der Waals surface area contributed by atoms with Gasteiger partial charge in [0.2, 0.25) is 5.88 Å². The summed E-state index contributed by atoms with van der Waals surface area (Å²) in [6.45, 7) is 3.57. The Hall–Kier alpha value is -3.92. The molecule has 1 aliphatic heterocycles.